The fraction of sp³-hybridized carbons (Fsp3) is 0. The van der Waals surface area contributed by atoms with Gasteiger partial charge < -0.3 is 0 Å². The third-order valence-corrected chi connectivity index (χ3v) is 0. The van der Waals surface area contributed by atoms with Crippen LogP contribution in [-0.4, -0.2) is 0 Å². The van der Waals surface area contributed by atoms with Crippen LogP contribution < -0.4 is 0 Å². The van der Waals surface area contributed by atoms with Gasteiger partial charge in [0.15, 0.2) is 0 Å². The van der Waals surface area contributed by atoms with E-state index in [1.807, 2.05) is 0 Å². The summed E-state index contributed by atoms with van der Waals surface area (Å²) in [4.78, 5) is 0. The van der Waals surface area contributed by atoms with Gasteiger partial charge in [-0.3, -0.25) is 0 Å². The monoisotopic (exact) mass is 343 g/mol. The summed E-state index contributed by atoms with van der Waals surface area (Å²) in [7, 11) is 0. The Morgan fingerprint density at radius 3 is 1.00 bits per heavy atom. The Bertz CT molecular complexity index is 6.00. The van der Waals surface area contributed by atoms with Crippen molar-refractivity contribution in [1.29, 1.82) is 0 Å². The van der Waals surface area contributed by atoms with E-state index < -0.39 is 0 Å². The molecule has 0 spiro atoms. The van der Waals surface area contributed by atoms with Crippen molar-refractivity contribution in [3.8, 4) is 0 Å². The van der Waals surface area contributed by atoms with Gasteiger partial charge in [0.2, 0.25) is 0 Å². The maximum atomic E-state index is 3.22. The maximum absolute atomic E-state index is 3.22. The van der Waals surface area contributed by atoms with Gasteiger partial charge in [-0.1, -0.05) is 0 Å². The molecule has 0 saturated carbocycles. The van der Waals surface area contributed by atoms with Crippen LogP contribution in [0.3, 0.4) is 0 Å². The van der Waals surface area contributed by atoms with Gasteiger partial charge >= 0.3 is 0 Å². The van der Waals surface area contributed by atoms with Crippen molar-refractivity contribution in [2.24, 2.45) is 0 Å². The zero-order valence-electron chi connectivity index (χ0n) is 1.75. The van der Waals surface area contributed by atoms with Crippen molar-refractivity contribution >= 4 is 23.3 Å². The Labute approximate surface area is 66.1 Å². The van der Waals surface area contributed by atoms with Crippen LogP contribution in [0.4, 0.5) is 0 Å². The van der Waals surface area contributed by atoms with Crippen LogP contribution in [0, 0.1) is 0 Å². The third-order valence-electron chi connectivity index (χ3n) is 0. The topological polar surface area (TPSA) is 0 Å². The first-order valence-electron chi connectivity index (χ1n) is 0.200. The van der Waals surface area contributed by atoms with Crippen molar-refractivity contribution in [3.05, 3.63) is 0 Å². The standard InChI is InChI=1S/Nb.H2S2.W/c;1-2;/h;1-2H;. The van der Waals surface area contributed by atoms with Crippen molar-refractivity contribution in [2.75, 3.05) is 0 Å². The van der Waals surface area contributed by atoms with Crippen LogP contribution >= 0.6 is 23.3 Å². The second-order valence-electron chi connectivity index (χ2n) is 0. The molecule has 0 heterocycles. The number of hydrogen-bond acceptors (Lipinski definition) is 2. The van der Waals surface area contributed by atoms with Crippen molar-refractivity contribution in [1.82, 2.24) is 0 Å². The predicted molar refractivity (Wildman–Crippen MR) is 18.0 cm³/mol. The molecular weight excluding hydrogens is 341 g/mol. The molecular formula is H2NbS2W. The van der Waals surface area contributed by atoms with E-state index in [1.165, 1.54) is 0 Å². The summed E-state index contributed by atoms with van der Waals surface area (Å²) in [6.45, 7) is 0. The summed E-state index contributed by atoms with van der Waals surface area (Å²) in [5.74, 6) is 0. The van der Waals surface area contributed by atoms with Gasteiger partial charge in [-0.05, 0) is 0 Å². The van der Waals surface area contributed by atoms with Gasteiger partial charge in [0.25, 0.3) is 0 Å². The van der Waals surface area contributed by atoms with Crippen LogP contribution in [-0.2, 0) is 43.4 Å². The molecule has 0 aliphatic carbocycles. The Kier molecular flexibility index (Phi) is 79.4. The average molecular weight is 343 g/mol. The fourth-order valence-corrected chi connectivity index (χ4v) is 0. The molecule has 0 aliphatic heterocycles. The van der Waals surface area contributed by atoms with E-state index in [0.717, 1.165) is 0 Å². The summed E-state index contributed by atoms with van der Waals surface area (Å²) in [6, 6.07) is 0. The first-order valence-corrected chi connectivity index (χ1v) is 1.80. The van der Waals surface area contributed by atoms with Gasteiger partial charge in [-0.25, -0.2) is 0 Å². The minimum atomic E-state index is 0. The third kappa shape index (κ3) is 8.92. The van der Waals surface area contributed by atoms with Crippen molar-refractivity contribution < 1.29 is 43.4 Å². The Morgan fingerprint density at radius 2 is 1.00 bits per heavy atom. The van der Waals surface area contributed by atoms with E-state index in [4.69, 9.17) is 0 Å². The molecule has 0 aliphatic rings. The van der Waals surface area contributed by atoms with Crippen molar-refractivity contribution in [2.45, 2.75) is 0 Å². The SMILES string of the molecule is SS.[Nb].[W]. The quantitative estimate of drug-likeness (QED) is 0.362. The van der Waals surface area contributed by atoms with Gasteiger partial charge in [0.05, 0.1) is 0 Å². The smallest absolute Gasteiger partial charge is 0 e. The molecule has 0 aromatic carbocycles. The maximum Gasteiger partial charge on any atom is 0 e. The van der Waals surface area contributed by atoms with Crippen molar-refractivity contribution in [3.63, 3.8) is 0 Å². The van der Waals surface area contributed by atoms with E-state index >= 15 is 0 Å². The van der Waals surface area contributed by atoms with E-state index in [1.54, 1.807) is 0 Å². The second kappa shape index (κ2) is 19.3. The fourth-order valence-electron chi connectivity index (χ4n) is 0. The van der Waals surface area contributed by atoms with E-state index in [2.05, 4.69) is 23.3 Å². The van der Waals surface area contributed by atoms with E-state index in [-0.39, 0.29) is 43.4 Å². The molecule has 0 aromatic heterocycles. The molecule has 4 heavy (non-hydrogen) atoms. The molecule has 0 N–H and O–H groups in total. The first-order chi connectivity index (χ1) is 1.00. The zero-order chi connectivity index (χ0) is 2.00. The largest absolute Gasteiger partial charge is 0.115 e. The van der Waals surface area contributed by atoms with Gasteiger partial charge in [-0.15, -0.1) is 23.3 Å². The summed E-state index contributed by atoms with van der Waals surface area (Å²) in [6.07, 6.45) is 0. The molecule has 0 nitrogen and oxygen atoms in total. The van der Waals surface area contributed by atoms with Crippen LogP contribution in [0.25, 0.3) is 0 Å². The van der Waals surface area contributed by atoms with Crippen LogP contribution in [0.2, 0.25) is 0 Å². The molecule has 1 radical (unpaired) electrons. The van der Waals surface area contributed by atoms with E-state index in [0.29, 0.717) is 0 Å². The number of thiol groups is 2. The molecule has 0 atom stereocenters. The van der Waals surface area contributed by atoms with E-state index in [9.17, 15) is 0 Å². The molecule has 0 bridgehead atoms. The molecule has 0 amide bonds. The number of rotatable bonds is 0. The zero-order valence-corrected chi connectivity index (χ0v) is 8.67. The molecule has 25 valence electrons. The Morgan fingerprint density at radius 1 is 1.00 bits per heavy atom. The molecule has 4 heteroatoms. The molecule has 0 aromatic rings. The molecule has 0 rings (SSSR count). The van der Waals surface area contributed by atoms with Crippen LogP contribution in [0.15, 0.2) is 0 Å². The summed E-state index contributed by atoms with van der Waals surface area (Å²) >= 11 is 6.44. The minimum absolute atomic E-state index is 0. The summed E-state index contributed by atoms with van der Waals surface area (Å²) in [5.41, 5.74) is 0. The molecule has 0 unspecified atom stereocenters. The Hall–Kier alpha value is 2.13. The Balaban J connectivity index is -0.00000000500. The number of hydrogen-bond donors (Lipinski definition) is 2. The average Bonchev–Trinajstić information content (AvgIpc) is 1.00. The summed E-state index contributed by atoms with van der Waals surface area (Å²) in [5, 5.41) is 0. The molecule has 0 saturated heterocycles. The van der Waals surface area contributed by atoms with Gasteiger partial charge in [0, 0.05) is 43.4 Å². The normalized spacial score (nSPS) is 1.50. The molecule has 0 fully saturated rings. The predicted octanol–water partition coefficient (Wildman–Crippen LogP) is 0.756. The van der Waals surface area contributed by atoms with Gasteiger partial charge in [0.1, 0.15) is 0 Å². The summed E-state index contributed by atoms with van der Waals surface area (Å²) < 4.78 is 0. The van der Waals surface area contributed by atoms with Crippen LogP contribution in [0.1, 0.15) is 0 Å². The second-order valence-corrected chi connectivity index (χ2v) is 0. The van der Waals surface area contributed by atoms with Gasteiger partial charge in [-0.2, -0.15) is 0 Å². The van der Waals surface area contributed by atoms with Crippen LogP contribution in [0.5, 0.6) is 0 Å². The first kappa shape index (κ1) is 16.5. The minimum Gasteiger partial charge on any atom is -0.115 e.